The highest BCUT2D eigenvalue weighted by Gasteiger charge is 2.25. The summed E-state index contributed by atoms with van der Waals surface area (Å²) in [5.74, 6) is 0.319. The second-order valence-corrected chi connectivity index (χ2v) is 8.18. The maximum Gasteiger partial charge on any atom is 0.158 e. The van der Waals surface area contributed by atoms with E-state index in [0.29, 0.717) is 5.78 Å². The average Bonchev–Trinajstić information content (AvgIpc) is 2.62. The molecule has 0 N–H and O–H groups in total. The van der Waals surface area contributed by atoms with Crippen LogP contribution in [0.2, 0.25) is 0 Å². The van der Waals surface area contributed by atoms with E-state index in [-0.39, 0.29) is 10.8 Å². The second-order valence-electron chi connectivity index (χ2n) is 8.18. The van der Waals surface area contributed by atoms with Gasteiger partial charge in [-0.1, -0.05) is 73.6 Å². The molecule has 2 aliphatic carbocycles. The van der Waals surface area contributed by atoms with Crippen LogP contribution in [0.3, 0.4) is 0 Å². The number of hydrogen-bond donors (Lipinski definition) is 0. The van der Waals surface area contributed by atoms with E-state index in [2.05, 4.69) is 63.9 Å². The Labute approximate surface area is 168 Å². The van der Waals surface area contributed by atoms with E-state index in [9.17, 15) is 4.79 Å². The van der Waals surface area contributed by atoms with Crippen LogP contribution in [0.25, 0.3) is 6.08 Å². The van der Waals surface area contributed by atoms with Crippen LogP contribution in [0.1, 0.15) is 98.4 Å². The summed E-state index contributed by atoms with van der Waals surface area (Å²) in [4.78, 5) is 15.5. The van der Waals surface area contributed by atoms with Crippen LogP contribution in [-0.2, 0) is 10.2 Å². The highest BCUT2D eigenvalue weighted by Crippen LogP contribution is 2.33. The molecule has 3 rings (SSSR count). The van der Waals surface area contributed by atoms with E-state index in [0.717, 1.165) is 24.8 Å². The average molecular weight is 372 g/mol. The predicted molar refractivity (Wildman–Crippen MR) is 120 cm³/mol. The van der Waals surface area contributed by atoms with Crippen LogP contribution < -0.4 is 0 Å². The Bertz CT molecular complexity index is 663. The summed E-state index contributed by atoms with van der Waals surface area (Å²) >= 11 is 0. The zero-order valence-electron chi connectivity index (χ0n) is 19.4. The summed E-state index contributed by atoms with van der Waals surface area (Å²) in [5, 5.41) is 0. The van der Waals surface area contributed by atoms with Gasteiger partial charge in [0.25, 0.3) is 0 Å². The fourth-order valence-corrected chi connectivity index (χ4v) is 3.23. The summed E-state index contributed by atoms with van der Waals surface area (Å²) in [5.41, 5.74) is 5.16. The maximum absolute atomic E-state index is 11.0. The van der Waals surface area contributed by atoms with Gasteiger partial charge in [-0.3, -0.25) is 9.78 Å². The minimum atomic E-state index is 0.206. The lowest BCUT2D eigenvalue weighted by Gasteiger charge is -2.27. The first kappa shape index (κ1) is 25.3. The first-order valence-corrected chi connectivity index (χ1v) is 10.5. The van der Waals surface area contributed by atoms with Crippen molar-refractivity contribution < 1.29 is 4.79 Å². The summed E-state index contributed by atoms with van der Waals surface area (Å²) in [7, 11) is 0. The maximum atomic E-state index is 11.0. The molecule has 0 amide bonds. The van der Waals surface area contributed by atoms with Crippen molar-refractivity contribution >= 4 is 11.9 Å². The molecule has 2 aliphatic rings. The molecule has 27 heavy (non-hydrogen) atoms. The minimum Gasteiger partial charge on any atom is -0.295 e. The molecule has 0 radical (unpaired) electrons. The molecule has 1 aromatic heterocycles. The van der Waals surface area contributed by atoms with Crippen LogP contribution in [0.5, 0.6) is 0 Å². The Kier molecular flexibility index (Phi) is 10.5. The Hall–Kier alpha value is -1.70. The molecule has 0 unspecified atom stereocenters. The monoisotopic (exact) mass is 371 g/mol. The van der Waals surface area contributed by atoms with Crippen molar-refractivity contribution in [3.05, 3.63) is 46.8 Å². The first-order valence-electron chi connectivity index (χ1n) is 10.5. The van der Waals surface area contributed by atoms with Crippen molar-refractivity contribution in [1.82, 2.24) is 4.98 Å². The van der Waals surface area contributed by atoms with Crippen molar-refractivity contribution in [1.29, 1.82) is 0 Å². The minimum absolute atomic E-state index is 0.206. The number of carbonyl (C=O) groups is 1. The normalized spacial score (nSPS) is 18.3. The van der Waals surface area contributed by atoms with E-state index in [4.69, 9.17) is 0 Å². The van der Waals surface area contributed by atoms with E-state index >= 15 is 0 Å². The van der Waals surface area contributed by atoms with Gasteiger partial charge in [0.15, 0.2) is 5.78 Å². The molecule has 0 atom stereocenters. The van der Waals surface area contributed by atoms with E-state index in [1.807, 2.05) is 40.8 Å². The topological polar surface area (TPSA) is 30.0 Å². The second kappa shape index (κ2) is 11.2. The lowest BCUT2D eigenvalue weighted by atomic mass is 9.79. The third-order valence-corrected chi connectivity index (χ3v) is 4.66. The van der Waals surface area contributed by atoms with Crippen molar-refractivity contribution in [2.45, 2.75) is 93.9 Å². The Morgan fingerprint density at radius 1 is 1.00 bits per heavy atom. The third-order valence-electron chi connectivity index (χ3n) is 4.66. The van der Waals surface area contributed by atoms with Gasteiger partial charge in [-0.2, -0.15) is 0 Å². The number of nitrogens with zero attached hydrogens (tertiary/aromatic N) is 1. The molecule has 1 aromatic rings. The van der Waals surface area contributed by atoms with Gasteiger partial charge in [0.1, 0.15) is 0 Å². The number of rotatable bonds is 0. The number of allylic oxidation sites excluding steroid dienone is 3. The fraction of sp³-hybridized carbons (Fsp3) is 0.600. The molecule has 0 fully saturated rings. The fourth-order valence-electron chi connectivity index (χ4n) is 3.23. The van der Waals surface area contributed by atoms with Gasteiger partial charge >= 0.3 is 0 Å². The SMILES string of the molecule is CC.CC.CC1=CC(C)(C)CCC1=O.Cc1cnc2c(c1)C=CCC2(C)C. The van der Waals surface area contributed by atoms with Crippen LogP contribution in [0, 0.1) is 12.3 Å². The number of fused-ring (bicyclic) bond motifs is 1. The van der Waals surface area contributed by atoms with Gasteiger partial charge in [-0.15, -0.1) is 0 Å². The highest BCUT2D eigenvalue weighted by molar-refractivity contribution is 5.95. The van der Waals surface area contributed by atoms with Crippen molar-refractivity contribution in [2.75, 3.05) is 0 Å². The Morgan fingerprint density at radius 2 is 1.59 bits per heavy atom. The predicted octanol–water partition coefficient (Wildman–Crippen LogP) is 7.46. The van der Waals surface area contributed by atoms with Crippen LogP contribution >= 0.6 is 0 Å². The number of ketones is 1. The van der Waals surface area contributed by atoms with Crippen LogP contribution in [0.15, 0.2) is 30.0 Å². The number of pyridine rings is 1. The van der Waals surface area contributed by atoms with Gasteiger partial charge in [0.2, 0.25) is 0 Å². The lowest BCUT2D eigenvalue weighted by Crippen LogP contribution is -2.21. The number of carbonyl (C=O) groups excluding carboxylic acids is 1. The zero-order valence-corrected chi connectivity index (χ0v) is 19.4. The summed E-state index contributed by atoms with van der Waals surface area (Å²) in [6.45, 7) is 20.8. The highest BCUT2D eigenvalue weighted by atomic mass is 16.1. The van der Waals surface area contributed by atoms with Crippen LogP contribution in [-0.4, -0.2) is 10.8 Å². The zero-order chi connectivity index (χ0) is 21.3. The Morgan fingerprint density at radius 3 is 2.11 bits per heavy atom. The molecule has 2 nitrogen and oxygen atoms in total. The summed E-state index contributed by atoms with van der Waals surface area (Å²) in [6.07, 6.45) is 11.3. The molecular formula is C25H41NO. The summed E-state index contributed by atoms with van der Waals surface area (Å²) < 4.78 is 0. The van der Waals surface area contributed by atoms with E-state index < -0.39 is 0 Å². The number of Topliss-reactive ketones (excluding diaryl/α,β-unsaturated/α-hetero) is 1. The van der Waals surface area contributed by atoms with Crippen molar-refractivity contribution in [3.8, 4) is 0 Å². The van der Waals surface area contributed by atoms with Crippen molar-refractivity contribution in [2.24, 2.45) is 5.41 Å². The number of hydrogen-bond acceptors (Lipinski definition) is 2. The van der Waals surface area contributed by atoms with Gasteiger partial charge in [0.05, 0.1) is 5.69 Å². The first-order chi connectivity index (χ1) is 12.6. The van der Waals surface area contributed by atoms with Gasteiger partial charge in [-0.25, -0.2) is 0 Å². The molecule has 0 saturated carbocycles. The number of aromatic nitrogens is 1. The standard InChI is InChI=1S/C12H15N.C9H14O.2C2H6/c1-9-7-10-5-4-6-12(2,3)11(10)13-8-9;1-7-6-9(2,3)5-4-8(7)10;2*1-2/h4-5,7-8H,6H2,1-3H3;6H,4-5H2,1-3H3;2*1-2H3. The van der Waals surface area contributed by atoms with E-state index in [1.54, 1.807) is 0 Å². The van der Waals surface area contributed by atoms with Gasteiger partial charge in [0, 0.05) is 18.0 Å². The molecule has 152 valence electrons. The molecule has 2 heteroatoms. The molecular weight excluding hydrogens is 330 g/mol. The van der Waals surface area contributed by atoms with Crippen LogP contribution in [0.4, 0.5) is 0 Å². The van der Waals surface area contributed by atoms with Gasteiger partial charge in [-0.05, 0) is 54.9 Å². The molecule has 0 saturated heterocycles. The lowest BCUT2D eigenvalue weighted by molar-refractivity contribution is -0.116. The molecule has 0 aliphatic heterocycles. The quantitative estimate of drug-likeness (QED) is 0.473. The molecule has 1 heterocycles. The molecule has 0 spiro atoms. The smallest absolute Gasteiger partial charge is 0.158 e. The van der Waals surface area contributed by atoms with Gasteiger partial charge < -0.3 is 0 Å². The Balaban J connectivity index is 0.000000434. The van der Waals surface area contributed by atoms with E-state index in [1.165, 1.54) is 16.8 Å². The molecule has 0 aromatic carbocycles. The third kappa shape index (κ3) is 7.82. The summed E-state index contributed by atoms with van der Waals surface area (Å²) in [6, 6.07) is 2.21. The number of aryl methyl sites for hydroxylation is 1. The largest absolute Gasteiger partial charge is 0.295 e. The van der Waals surface area contributed by atoms with Crippen molar-refractivity contribution in [3.63, 3.8) is 0 Å². The molecule has 0 bridgehead atoms.